The Bertz CT molecular complexity index is 692. The lowest BCUT2D eigenvalue weighted by molar-refractivity contribution is 0.320. The third kappa shape index (κ3) is 13.9. The third-order valence-corrected chi connectivity index (χ3v) is 6.59. The van der Waals surface area contributed by atoms with Gasteiger partial charge in [0.1, 0.15) is 0 Å². The van der Waals surface area contributed by atoms with Gasteiger partial charge in [0.2, 0.25) is 0 Å². The number of hydrogen-bond donors (Lipinski definition) is 0. The summed E-state index contributed by atoms with van der Waals surface area (Å²) in [5.74, 6) is 0. The van der Waals surface area contributed by atoms with Gasteiger partial charge in [0.05, 0.1) is 11.7 Å². The van der Waals surface area contributed by atoms with Crippen LogP contribution in [-0.2, 0) is 4.74 Å². The molecule has 0 aliphatic carbocycles. The second kappa shape index (κ2) is 15.5. The number of hydrogen-bond acceptors (Lipinski definition) is 1. The molecule has 0 bridgehead atoms. The first-order valence-corrected chi connectivity index (χ1v) is 13.1. The van der Waals surface area contributed by atoms with E-state index in [9.17, 15) is 0 Å². The molecule has 0 aromatic carbocycles. The molecule has 1 unspecified atom stereocenters. The summed E-state index contributed by atoms with van der Waals surface area (Å²) in [5.41, 5.74) is 7.75. The zero-order valence-corrected chi connectivity index (χ0v) is 22.7. The molecule has 1 heteroatoms. The number of allylic oxidation sites excluding steroid dienone is 10. The lowest BCUT2D eigenvalue weighted by atomic mass is 10.0. The Morgan fingerprint density at radius 2 is 1.12 bits per heavy atom. The predicted molar refractivity (Wildman–Crippen MR) is 144 cm³/mol. The van der Waals surface area contributed by atoms with Crippen LogP contribution in [0.2, 0.25) is 0 Å². The molecule has 0 aromatic rings. The van der Waals surface area contributed by atoms with Crippen molar-refractivity contribution in [3.8, 4) is 0 Å². The molecule has 0 spiro atoms. The average Bonchev–Trinajstić information content (AvgIpc) is 3.34. The van der Waals surface area contributed by atoms with Crippen molar-refractivity contribution in [1.82, 2.24) is 0 Å². The Kier molecular flexibility index (Phi) is 13.9. The van der Waals surface area contributed by atoms with E-state index >= 15 is 0 Å². The monoisotopic (exact) mass is 440 g/mol. The first-order valence-electron chi connectivity index (χ1n) is 13.1. The van der Waals surface area contributed by atoms with Crippen molar-refractivity contribution in [3.63, 3.8) is 0 Å². The highest BCUT2D eigenvalue weighted by molar-refractivity contribution is 5.09. The molecule has 1 nitrogen and oxygen atoms in total. The van der Waals surface area contributed by atoms with Gasteiger partial charge in [0.15, 0.2) is 0 Å². The summed E-state index contributed by atoms with van der Waals surface area (Å²) in [6, 6.07) is 0. The SMILES string of the molecule is CC/C(=C\CC/C=C(\C)CC/C=C(\C)CCC=C(C)C)CC/C=C(\C)CCC1OC1(C)C. The molecular weight excluding hydrogens is 388 g/mol. The second-order valence-corrected chi connectivity index (χ2v) is 10.6. The molecule has 0 radical (unpaired) electrons. The predicted octanol–water partition coefficient (Wildman–Crippen LogP) is 10.2. The standard InChI is InChI=1S/C31H52O/c1-9-29(22-14-20-28(6)23-24-30-31(7,8)32-30)21-11-10-16-26(4)18-13-19-27(5)17-12-15-25(2)3/h15-16,19-21,30H,9-14,17-18,22-24H2,1-8H3/b26-16+,27-19+,28-20+,29-21+. The molecule has 0 amide bonds. The molecule has 1 fully saturated rings. The van der Waals surface area contributed by atoms with Crippen molar-refractivity contribution in [2.45, 2.75) is 138 Å². The molecule has 1 atom stereocenters. The van der Waals surface area contributed by atoms with E-state index in [1.54, 1.807) is 5.57 Å². The molecule has 0 N–H and O–H groups in total. The number of ether oxygens (including phenoxy) is 1. The molecule has 1 rings (SSSR count). The minimum atomic E-state index is 0.131. The summed E-state index contributed by atoms with van der Waals surface area (Å²) in [5, 5.41) is 0. The van der Waals surface area contributed by atoms with Gasteiger partial charge in [-0.25, -0.2) is 0 Å². The fourth-order valence-corrected chi connectivity index (χ4v) is 4.08. The van der Waals surface area contributed by atoms with Gasteiger partial charge >= 0.3 is 0 Å². The highest BCUT2D eigenvalue weighted by atomic mass is 16.6. The Labute approximate surface area is 200 Å². The van der Waals surface area contributed by atoms with Crippen molar-refractivity contribution in [3.05, 3.63) is 58.2 Å². The van der Waals surface area contributed by atoms with Crippen molar-refractivity contribution in [1.29, 1.82) is 0 Å². The van der Waals surface area contributed by atoms with Gasteiger partial charge in [-0.1, -0.05) is 65.2 Å². The van der Waals surface area contributed by atoms with E-state index in [0.717, 1.165) is 0 Å². The topological polar surface area (TPSA) is 12.5 Å². The van der Waals surface area contributed by atoms with Crippen LogP contribution in [0, 0.1) is 0 Å². The molecule has 1 aliphatic rings. The van der Waals surface area contributed by atoms with Crippen molar-refractivity contribution in [2.24, 2.45) is 0 Å². The zero-order valence-electron chi connectivity index (χ0n) is 22.7. The quantitative estimate of drug-likeness (QED) is 0.132. The number of epoxide rings is 1. The van der Waals surface area contributed by atoms with Crippen LogP contribution in [0.1, 0.15) is 126 Å². The van der Waals surface area contributed by atoms with E-state index in [1.165, 1.54) is 92.9 Å². The van der Waals surface area contributed by atoms with Gasteiger partial charge in [0, 0.05) is 0 Å². The first kappa shape index (κ1) is 28.7. The smallest absolute Gasteiger partial charge is 0.0892 e. The van der Waals surface area contributed by atoms with Crippen LogP contribution in [0.15, 0.2) is 58.2 Å². The van der Waals surface area contributed by atoms with Crippen LogP contribution < -0.4 is 0 Å². The van der Waals surface area contributed by atoms with Crippen molar-refractivity contribution in [2.75, 3.05) is 0 Å². The second-order valence-electron chi connectivity index (χ2n) is 10.6. The minimum Gasteiger partial charge on any atom is -0.367 e. The maximum absolute atomic E-state index is 5.69. The molecule has 182 valence electrons. The summed E-state index contributed by atoms with van der Waals surface area (Å²) < 4.78 is 5.69. The van der Waals surface area contributed by atoms with Crippen molar-refractivity contribution < 1.29 is 4.74 Å². The zero-order chi connectivity index (χ0) is 24.0. The summed E-state index contributed by atoms with van der Waals surface area (Å²) in [4.78, 5) is 0. The van der Waals surface area contributed by atoms with E-state index in [2.05, 4.69) is 85.8 Å². The summed E-state index contributed by atoms with van der Waals surface area (Å²) in [6.45, 7) is 17.9. The summed E-state index contributed by atoms with van der Waals surface area (Å²) >= 11 is 0. The lowest BCUT2D eigenvalue weighted by Gasteiger charge is -2.05. The molecule has 0 saturated carbocycles. The van der Waals surface area contributed by atoms with E-state index in [4.69, 9.17) is 4.74 Å². The first-order chi connectivity index (χ1) is 15.1. The van der Waals surface area contributed by atoms with Gasteiger partial charge in [0.25, 0.3) is 0 Å². The molecular formula is C31H52O. The van der Waals surface area contributed by atoms with Crippen LogP contribution in [0.25, 0.3) is 0 Å². The van der Waals surface area contributed by atoms with Crippen LogP contribution in [0.4, 0.5) is 0 Å². The van der Waals surface area contributed by atoms with Gasteiger partial charge in [-0.3, -0.25) is 0 Å². The van der Waals surface area contributed by atoms with E-state index in [-0.39, 0.29) is 5.60 Å². The van der Waals surface area contributed by atoms with Crippen LogP contribution in [0.5, 0.6) is 0 Å². The maximum atomic E-state index is 5.69. The van der Waals surface area contributed by atoms with Crippen LogP contribution >= 0.6 is 0 Å². The van der Waals surface area contributed by atoms with E-state index in [0.29, 0.717) is 6.10 Å². The Morgan fingerprint density at radius 3 is 1.66 bits per heavy atom. The third-order valence-electron chi connectivity index (χ3n) is 6.59. The average molecular weight is 441 g/mol. The van der Waals surface area contributed by atoms with Crippen LogP contribution in [0.3, 0.4) is 0 Å². The highest BCUT2D eigenvalue weighted by Gasteiger charge is 2.46. The van der Waals surface area contributed by atoms with Gasteiger partial charge in [-0.2, -0.15) is 0 Å². The number of rotatable bonds is 16. The fourth-order valence-electron chi connectivity index (χ4n) is 4.08. The highest BCUT2D eigenvalue weighted by Crippen LogP contribution is 2.38. The van der Waals surface area contributed by atoms with Gasteiger partial charge < -0.3 is 4.74 Å². The summed E-state index contributed by atoms with van der Waals surface area (Å²) in [6.07, 6.45) is 25.6. The Balaban J connectivity index is 2.23. The van der Waals surface area contributed by atoms with E-state index in [1.807, 2.05) is 0 Å². The molecule has 1 saturated heterocycles. The molecule has 1 aliphatic heterocycles. The van der Waals surface area contributed by atoms with E-state index < -0.39 is 0 Å². The Hall–Kier alpha value is -1.34. The van der Waals surface area contributed by atoms with Gasteiger partial charge in [-0.05, 0) is 119 Å². The minimum absolute atomic E-state index is 0.131. The van der Waals surface area contributed by atoms with Gasteiger partial charge in [-0.15, -0.1) is 0 Å². The van der Waals surface area contributed by atoms with Crippen molar-refractivity contribution >= 4 is 0 Å². The largest absolute Gasteiger partial charge is 0.367 e. The molecule has 1 heterocycles. The summed E-state index contributed by atoms with van der Waals surface area (Å²) in [7, 11) is 0. The fraction of sp³-hybridized carbons (Fsp3) is 0.677. The molecule has 0 aromatic heterocycles. The maximum Gasteiger partial charge on any atom is 0.0892 e. The molecule has 32 heavy (non-hydrogen) atoms. The normalized spacial score (nSPS) is 19.3. The lowest BCUT2D eigenvalue weighted by Crippen LogP contribution is -2.02. The number of unbranched alkanes of at least 4 members (excludes halogenated alkanes) is 1. The van der Waals surface area contributed by atoms with Crippen LogP contribution in [-0.4, -0.2) is 11.7 Å². The Morgan fingerprint density at radius 1 is 0.656 bits per heavy atom.